The van der Waals surface area contributed by atoms with E-state index in [0.717, 1.165) is 0 Å². The van der Waals surface area contributed by atoms with Gasteiger partial charge in [-0.2, -0.15) is 0 Å². The van der Waals surface area contributed by atoms with Crippen LogP contribution < -0.4 is 0 Å². The van der Waals surface area contributed by atoms with Gasteiger partial charge in [0.1, 0.15) is 6.10 Å². The molecular weight excluding hydrogens is 661 g/mol. The molecule has 1 saturated heterocycles. The minimum atomic E-state index is -0.831. The van der Waals surface area contributed by atoms with Crippen LogP contribution in [-0.4, -0.2) is 57.5 Å². The monoisotopic (exact) mass is 747 g/mol. The number of carbonyl (C=O) groups excluding carboxylic acids is 2. The first kappa shape index (κ1) is 43.2. The van der Waals surface area contributed by atoms with Crippen molar-refractivity contribution in [1.29, 1.82) is 0 Å². The van der Waals surface area contributed by atoms with Gasteiger partial charge in [-0.1, -0.05) is 11.8 Å². The van der Waals surface area contributed by atoms with Crippen LogP contribution in [0.2, 0.25) is 0 Å². The maximum absolute atomic E-state index is 12.7. The normalized spacial score (nSPS) is 15.5. The number of ether oxygens (including phenoxy) is 4. The van der Waals surface area contributed by atoms with Crippen LogP contribution in [0.4, 0.5) is 0 Å². The van der Waals surface area contributed by atoms with Gasteiger partial charge in [0.25, 0.3) is 0 Å². The third kappa shape index (κ3) is 21.0. The van der Waals surface area contributed by atoms with Crippen LogP contribution in [0.25, 0.3) is 0 Å². The Labute approximate surface area is 358 Å². The molecule has 0 spiro atoms. The summed E-state index contributed by atoms with van der Waals surface area (Å²) in [5.74, 6) is 79.0. The summed E-state index contributed by atoms with van der Waals surface area (Å²) >= 11 is 0. The van der Waals surface area contributed by atoms with E-state index < -0.39 is 36.3 Å². The molecule has 0 N–H and O–H groups in total. The summed E-state index contributed by atoms with van der Waals surface area (Å²) in [6.07, 6.45) is -2.37. The van der Waals surface area contributed by atoms with Crippen LogP contribution in [0.15, 0.2) is 0 Å². The van der Waals surface area contributed by atoms with Crippen LogP contribution >= 0.6 is 0 Å². The smallest absolute Gasteiger partial charge is 0.207 e. The zero-order valence-electron chi connectivity index (χ0n) is 29.5. The summed E-state index contributed by atoms with van der Waals surface area (Å²) in [7, 11) is 4.43. The third-order valence-electron chi connectivity index (χ3n) is 5.90. The summed E-state index contributed by atoms with van der Waals surface area (Å²) in [6.45, 7) is 3.36. The maximum Gasteiger partial charge on any atom is 0.207 e. The second-order valence-electron chi connectivity index (χ2n) is 9.18. The van der Waals surface area contributed by atoms with E-state index in [2.05, 4.69) is 189 Å². The molecule has 0 aromatic rings. The highest BCUT2D eigenvalue weighted by Gasteiger charge is 2.47. The van der Waals surface area contributed by atoms with E-state index in [9.17, 15) is 9.59 Å². The molecule has 0 bridgehead atoms. The quantitative estimate of drug-likeness (QED) is 0.183. The summed E-state index contributed by atoms with van der Waals surface area (Å²) in [5, 5.41) is 0. The average molecular weight is 747 g/mol. The van der Waals surface area contributed by atoms with Gasteiger partial charge in [-0.05, 0) is 198 Å². The van der Waals surface area contributed by atoms with Crippen molar-refractivity contribution in [2.75, 3.05) is 21.3 Å². The molecule has 1 aliphatic rings. The predicted molar refractivity (Wildman–Crippen MR) is 264 cm³/mol. The minimum absolute atomic E-state index is 0. The molecule has 0 aromatic heterocycles. The first-order chi connectivity index (χ1) is 26.0. The largest absolute Gasteiger partial charge is 0.378 e. The average Bonchev–Trinajstić information content (AvgIpc) is 3.16. The fourth-order valence-corrected chi connectivity index (χ4v) is 3.91. The molecule has 6 nitrogen and oxygen atoms in total. The number of hydrogen-bond acceptors (Lipinski definition) is 6. The Morgan fingerprint density at radius 3 is 1.15 bits per heavy atom. The van der Waals surface area contributed by atoms with E-state index >= 15 is 0 Å². The Kier molecular flexibility index (Phi) is 24.6. The van der Waals surface area contributed by atoms with E-state index in [0.29, 0.717) is 0 Å². The van der Waals surface area contributed by atoms with Gasteiger partial charge in [0.15, 0.2) is 6.29 Å². The molecule has 3 unspecified atom stereocenters. The highest BCUT2D eigenvalue weighted by atomic mass is 16.7. The van der Waals surface area contributed by atoms with Gasteiger partial charge >= 0.3 is 0 Å². The van der Waals surface area contributed by atoms with Crippen LogP contribution in [-0.2, 0) is 28.5 Å². The lowest BCUT2D eigenvalue weighted by Crippen LogP contribution is -2.56. The van der Waals surface area contributed by atoms with Crippen molar-refractivity contribution in [3.63, 3.8) is 0 Å². The summed E-state index contributed by atoms with van der Waals surface area (Å²) in [5.41, 5.74) is 0. The fraction of sp³-hybridized carbons (Fsp3) is 0.277. The Morgan fingerprint density at radius 2 is 0.811 bits per heavy atom. The number of carbonyl (C=O) groups is 2. The molecule has 6 heteroatoms. The molecule has 5 atom stereocenters. The van der Waals surface area contributed by atoms with Gasteiger partial charge in [0, 0.05) is 82.9 Å². The van der Waals surface area contributed by atoms with Gasteiger partial charge in [-0.3, -0.25) is 9.59 Å². The third-order valence-corrected chi connectivity index (χ3v) is 5.90. The molecule has 1 aliphatic heterocycles. The predicted octanol–water partition coefficient (Wildman–Crippen LogP) is 8.79. The molecule has 1 heterocycles. The fourth-order valence-electron chi connectivity index (χ4n) is 3.91. The van der Waals surface area contributed by atoms with E-state index in [1.54, 1.807) is 13.8 Å². The zero-order valence-corrected chi connectivity index (χ0v) is 29.5. The molecule has 0 aliphatic carbocycles. The topological polar surface area (TPSA) is 71.1 Å². The number of hydrogen-bond donors (Lipinski definition) is 0. The number of methoxy groups -OCH3 is 3. The van der Waals surface area contributed by atoms with E-state index in [1.807, 2.05) is 0 Å². The van der Waals surface area contributed by atoms with Crippen molar-refractivity contribution in [2.24, 2.45) is 5.92 Å². The van der Waals surface area contributed by atoms with Crippen LogP contribution in [0.1, 0.15) is 75.9 Å². The van der Waals surface area contributed by atoms with Gasteiger partial charge in [0.2, 0.25) is 11.6 Å². The van der Waals surface area contributed by atoms with E-state index in [-0.39, 0.29) is 67.8 Å². The highest BCUT2D eigenvalue weighted by molar-refractivity contribution is 5.96. The molecule has 0 saturated carbocycles. The lowest BCUT2D eigenvalue weighted by molar-refractivity contribution is -0.282. The Balaban J connectivity index is -0.0000000334. The van der Waals surface area contributed by atoms with Crippen molar-refractivity contribution in [1.82, 2.24) is 0 Å². The van der Waals surface area contributed by atoms with Gasteiger partial charge in [0.05, 0.1) is 12.2 Å². The second-order valence-corrected chi connectivity index (χ2v) is 9.18. The molecule has 0 aromatic carbocycles. The van der Waals surface area contributed by atoms with Gasteiger partial charge in [-0.15, -0.1) is 0 Å². The van der Waals surface area contributed by atoms with Crippen molar-refractivity contribution in [3.8, 4) is 189 Å². The Morgan fingerprint density at radius 1 is 0.472 bits per heavy atom. The number of Topliss-reactive ketones (excluding diaryl/α,β-unsaturated/α-hetero) is 2. The van der Waals surface area contributed by atoms with Gasteiger partial charge in [-0.25, -0.2) is 0 Å². The van der Waals surface area contributed by atoms with Crippen LogP contribution in [0, 0.1) is 195 Å². The van der Waals surface area contributed by atoms with E-state index in [4.69, 9.17) is 18.9 Å². The van der Waals surface area contributed by atoms with Crippen LogP contribution in [0.5, 0.6) is 0 Å². The number of ketones is 2. The Bertz CT molecular complexity index is 2530. The van der Waals surface area contributed by atoms with Crippen molar-refractivity contribution < 1.29 is 71.3 Å². The molecule has 0 radical (unpaired) electrons. The lowest BCUT2D eigenvalue weighted by atomic mass is 9.85. The number of rotatable bonds is 8. The van der Waals surface area contributed by atoms with Crippen LogP contribution in [0.3, 0.4) is 0 Å². The molecule has 53 heavy (non-hydrogen) atoms. The highest BCUT2D eigenvalue weighted by Crippen LogP contribution is 2.34. The van der Waals surface area contributed by atoms with Crippen molar-refractivity contribution >= 4 is 11.6 Å². The molecular formula is C47H86O6. The molecule has 1 fully saturated rings. The molecule has 310 valence electrons. The Hall–Kier alpha value is -7.86. The minimum Gasteiger partial charge on any atom is -0.378 e. The zero-order chi connectivity index (χ0) is 38.6. The van der Waals surface area contributed by atoms with E-state index in [1.165, 1.54) is 21.3 Å². The molecule has 0 amide bonds. The first-order valence-corrected chi connectivity index (χ1v) is 15.2. The maximum atomic E-state index is 12.7. The van der Waals surface area contributed by atoms with Crippen molar-refractivity contribution in [2.45, 2.75) is 57.7 Å². The summed E-state index contributed by atoms with van der Waals surface area (Å²) in [6, 6.07) is 0. The van der Waals surface area contributed by atoms with Gasteiger partial charge < -0.3 is 18.9 Å². The molecule has 1 rings (SSSR count). The summed E-state index contributed by atoms with van der Waals surface area (Å²) < 4.78 is 23.0. The van der Waals surface area contributed by atoms with Crippen molar-refractivity contribution in [3.05, 3.63) is 0 Å². The second kappa shape index (κ2) is 30.2. The summed E-state index contributed by atoms with van der Waals surface area (Å²) in [4.78, 5) is 25.1. The SMILES string of the molecule is CC#CC#CC#CC#CC#CC#CC#CC#CC(=O)CCC1OC(OC)C(CC(=O)C#CC#CC#CC#CC#CC#CC#CC#CC)[C@@H](OC)[C@@H]1OC.[HH].[HH].[HH].[HH].[HH].[HH].[HH].[HH].[HH].[HH].[HH].[HH].[HH].[HH].[HH].[HH].[HH].[HH].[HH].[HH].[HH].[HH].[HH].[HH].[HH].[HH].[HH].[HH].[HH].[HH]. The standard InChI is InChI=1S/C47H26O6.30H2/c1-6-8-10-12-14-16-18-20-22-24-26-28-30-32-34-36-41(48)38-39-44-46(51-4)45(50-3)43(47(52-5)53-44)40-42(49)37-35-33-31-29-27-25-23-21-19-17-15-13-11-9-7-2;;;;;;;;;;;;;;;;;;;;;;;;;;;;;;/h43-47H,38-40H2,1-5H3;30*1H/t43?,44?,45-,46-,47?;;;;;;;;;;;;;;;;;;;;;;;;;;;;;;/m1............................../s1. The lowest BCUT2D eigenvalue weighted by Gasteiger charge is -2.44. The first-order valence-electron chi connectivity index (χ1n) is 15.2.